The van der Waals surface area contributed by atoms with Crippen LogP contribution in [0.2, 0.25) is 0 Å². The fraction of sp³-hybridized carbons (Fsp3) is 0.659. The average molecular weight is 730 g/mol. The summed E-state index contributed by atoms with van der Waals surface area (Å²) < 4.78 is 14.7. The van der Waals surface area contributed by atoms with Gasteiger partial charge in [0.25, 0.3) is 0 Å². The van der Waals surface area contributed by atoms with Crippen molar-refractivity contribution in [2.75, 3.05) is 59.5 Å². The van der Waals surface area contributed by atoms with Crippen molar-refractivity contribution >= 4 is 18.2 Å². The number of piperazine rings is 1. The minimum Gasteiger partial charge on any atom is -0.496 e. The number of aromatic nitrogens is 1. The topological polar surface area (TPSA) is 92.3 Å². The molecular weight excluding hydrogens is 659 g/mol. The molecule has 0 amide bonds. The minimum absolute atomic E-state index is 0.445. The highest BCUT2D eigenvalue weighted by atomic mass is 16.5. The second-order valence-electron chi connectivity index (χ2n) is 15.6. The van der Waals surface area contributed by atoms with Gasteiger partial charge in [0, 0.05) is 76.2 Å². The molecule has 9 heteroatoms. The molecule has 4 N–H and O–H groups in total. The molecule has 2 aromatic rings. The van der Waals surface area contributed by atoms with E-state index in [2.05, 4.69) is 75.9 Å². The highest BCUT2D eigenvalue weighted by Gasteiger charge is 2.20. The van der Waals surface area contributed by atoms with E-state index < -0.39 is 0 Å². The number of methoxy groups -OCH3 is 1. The van der Waals surface area contributed by atoms with E-state index in [-0.39, 0.29) is 0 Å². The zero-order chi connectivity index (χ0) is 37.3. The van der Waals surface area contributed by atoms with Crippen molar-refractivity contribution in [1.82, 2.24) is 25.0 Å². The van der Waals surface area contributed by atoms with Crippen LogP contribution < -0.4 is 31.7 Å². The van der Waals surface area contributed by atoms with Crippen molar-refractivity contribution in [2.45, 2.75) is 129 Å². The Morgan fingerprint density at radius 1 is 0.887 bits per heavy atom. The van der Waals surface area contributed by atoms with Crippen molar-refractivity contribution in [1.29, 1.82) is 0 Å². The Balaban J connectivity index is 1.13. The van der Waals surface area contributed by atoms with Crippen LogP contribution in [0.25, 0.3) is 12.4 Å². The summed E-state index contributed by atoms with van der Waals surface area (Å²) in [6.45, 7) is 18.4. The van der Waals surface area contributed by atoms with E-state index >= 15 is 0 Å². The molecule has 1 saturated heterocycles. The number of benzene rings is 1. The fourth-order valence-corrected chi connectivity index (χ4v) is 7.87. The zero-order valence-electron chi connectivity index (χ0n) is 33.5. The number of aliphatic imine (C=N–C) groups is 1. The quantitative estimate of drug-likeness (QED) is 0.0846. The SMILES string of the molecule is C=c1ccn(Cc2ccc(CN3CCN(CCNC(COC4CCCCCCC4)=C4CCC4)CC3)cc2OC)/c1=C(/N=C(/N)CCC)NCCCCC. The van der Waals surface area contributed by atoms with Crippen LogP contribution in [0.4, 0.5) is 0 Å². The Labute approximate surface area is 320 Å². The van der Waals surface area contributed by atoms with E-state index in [1.165, 1.54) is 88.3 Å². The third kappa shape index (κ3) is 12.9. The van der Waals surface area contributed by atoms with Gasteiger partial charge >= 0.3 is 0 Å². The van der Waals surface area contributed by atoms with Crippen LogP contribution >= 0.6 is 0 Å². The zero-order valence-corrected chi connectivity index (χ0v) is 33.5. The summed E-state index contributed by atoms with van der Waals surface area (Å²) in [5.41, 5.74) is 11.7. The molecule has 2 saturated carbocycles. The summed E-state index contributed by atoms with van der Waals surface area (Å²) in [4.78, 5) is 10.0. The number of hydrogen-bond donors (Lipinski definition) is 3. The normalized spacial score (nSPS) is 18.6. The smallest absolute Gasteiger partial charge is 0.152 e. The van der Waals surface area contributed by atoms with Gasteiger partial charge in [-0.15, -0.1) is 0 Å². The standard InChI is InChI=1S/C44H71N7O2/c1-5-7-13-23-47-44(48-42(45)15-6-2)43-35(3)22-25-51(43)33-38-21-20-36(31-41(38)52-4)32-50-29-27-49(28-30-50)26-24-46-40(37-16-14-17-37)34-53-39-18-11-9-8-10-12-19-39/h20-22,25,31,39,46-47H,3,5-19,23-24,26-30,32-34H2,1-2,4H3,(H2,45,48)/b44-43+. The van der Waals surface area contributed by atoms with Crippen LogP contribution in [0, 0.1) is 0 Å². The highest BCUT2D eigenvalue weighted by Crippen LogP contribution is 2.29. The molecule has 294 valence electrons. The number of nitrogens with zero attached hydrogens (tertiary/aromatic N) is 4. The van der Waals surface area contributed by atoms with Crippen molar-refractivity contribution in [3.8, 4) is 5.75 Å². The van der Waals surface area contributed by atoms with Crippen LogP contribution in [-0.2, 0) is 17.8 Å². The van der Waals surface area contributed by atoms with Crippen molar-refractivity contribution in [2.24, 2.45) is 10.7 Å². The predicted molar refractivity (Wildman–Crippen MR) is 221 cm³/mol. The first-order valence-corrected chi connectivity index (χ1v) is 21.1. The maximum absolute atomic E-state index is 6.49. The number of hydrogen-bond acceptors (Lipinski definition) is 7. The number of nitrogens with two attached hydrogens (primary N) is 1. The van der Waals surface area contributed by atoms with Gasteiger partial charge in [-0.05, 0) is 73.4 Å². The van der Waals surface area contributed by atoms with E-state index in [0.717, 1.165) is 106 Å². The molecule has 3 fully saturated rings. The Kier molecular flexibility index (Phi) is 17.1. The summed E-state index contributed by atoms with van der Waals surface area (Å²) in [5.74, 6) is 2.37. The Morgan fingerprint density at radius 2 is 1.64 bits per heavy atom. The van der Waals surface area contributed by atoms with Crippen molar-refractivity contribution < 1.29 is 9.47 Å². The van der Waals surface area contributed by atoms with E-state index in [1.54, 1.807) is 12.7 Å². The summed E-state index contributed by atoms with van der Waals surface area (Å²) in [7, 11) is 1.78. The number of allylic oxidation sites excluding steroid dienone is 1. The molecule has 0 radical (unpaired) electrons. The summed E-state index contributed by atoms with van der Waals surface area (Å²) in [6, 6.07) is 8.77. The second-order valence-corrected chi connectivity index (χ2v) is 15.6. The van der Waals surface area contributed by atoms with E-state index in [0.29, 0.717) is 18.5 Å². The molecule has 5 rings (SSSR count). The third-order valence-corrected chi connectivity index (χ3v) is 11.3. The molecule has 0 atom stereocenters. The van der Waals surface area contributed by atoms with Gasteiger partial charge in [-0.25, -0.2) is 4.99 Å². The van der Waals surface area contributed by atoms with Gasteiger partial charge in [0.1, 0.15) is 11.6 Å². The molecule has 1 aromatic carbocycles. The summed E-state index contributed by atoms with van der Waals surface area (Å²) >= 11 is 0. The molecule has 0 unspecified atom stereocenters. The number of nitrogens with one attached hydrogen (secondary N) is 2. The second kappa shape index (κ2) is 22.2. The molecule has 2 heterocycles. The van der Waals surface area contributed by atoms with Crippen LogP contribution in [0.5, 0.6) is 5.75 Å². The molecular formula is C44H71N7O2. The Hall–Kier alpha value is -3.27. The number of amidine groups is 1. The summed E-state index contributed by atoms with van der Waals surface area (Å²) in [5, 5.41) is 9.32. The molecule has 1 aromatic heterocycles. The predicted octanol–water partition coefficient (Wildman–Crippen LogP) is 6.23. The maximum atomic E-state index is 6.49. The van der Waals surface area contributed by atoms with Crippen LogP contribution in [-0.4, -0.2) is 85.8 Å². The number of unbranched alkanes of at least 4 members (excludes halogenated alkanes) is 2. The highest BCUT2D eigenvalue weighted by molar-refractivity contribution is 5.83. The van der Waals surface area contributed by atoms with Crippen LogP contribution in [0.3, 0.4) is 0 Å². The van der Waals surface area contributed by atoms with Crippen molar-refractivity contribution in [3.05, 3.63) is 63.4 Å². The lowest BCUT2D eigenvalue weighted by atomic mass is 9.90. The average Bonchev–Trinajstić information content (AvgIpc) is 3.48. The lowest BCUT2D eigenvalue weighted by Gasteiger charge is -2.35. The van der Waals surface area contributed by atoms with Gasteiger partial charge in [0.05, 0.1) is 31.7 Å². The van der Waals surface area contributed by atoms with Gasteiger partial charge in [0.2, 0.25) is 0 Å². The van der Waals surface area contributed by atoms with E-state index in [9.17, 15) is 0 Å². The number of ether oxygens (including phenoxy) is 2. The summed E-state index contributed by atoms with van der Waals surface area (Å²) in [6.07, 6.45) is 20.8. The monoisotopic (exact) mass is 730 g/mol. The lowest BCUT2D eigenvalue weighted by Crippen LogP contribution is -2.47. The molecule has 53 heavy (non-hydrogen) atoms. The molecule has 3 aliphatic rings. The molecule has 1 aliphatic heterocycles. The van der Waals surface area contributed by atoms with Gasteiger partial charge in [-0.3, -0.25) is 9.80 Å². The van der Waals surface area contributed by atoms with Gasteiger partial charge in [-0.2, -0.15) is 0 Å². The Bertz CT molecular complexity index is 1560. The van der Waals surface area contributed by atoms with Gasteiger partial charge < -0.3 is 30.4 Å². The van der Waals surface area contributed by atoms with Crippen LogP contribution in [0.1, 0.15) is 121 Å². The third-order valence-electron chi connectivity index (χ3n) is 11.3. The largest absolute Gasteiger partial charge is 0.496 e. The van der Waals surface area contributed by atoms with Gasteiger partial charge in [0.15, 0.2) is 5.82 Å². The van der Waals surface area contributed by atoms with E-state index in [1.807, 2.05) is 0 Å². The van der Waals surface area contributed by atoms with E-state index in [4.69, 9.17) is 20.2 Å². The van der Waals surface area contributed by atoms with Crippen LogP contribution in [0.15, 0.2) is 46.7 Å². The maximum Gasteiger partial charge on any atom is 0.152 e. The number of rotatable bonds is 20. The minimum atomic E-state index is 0.445. The fourth-order valence-electron chi connectivity index (χ4n) is 7.87. The molecule has 9 nitrogen and oxygen atoms in total. The first-order valence-electron chi connectivity index (χ1n) is 21.1. The molecule has 2 aliphatic carbocycles. The van der Waals surface area contributed by atoms with Gasteiger partial charge in [-0.1, -0.05) is 77.5 Å². The Morgan fingerprint density at radius 3 is 2.34 bits per heavy atom. The first-order chi connectivity index (χ1) is 26.0. The lowest BCUT2D eigenvalue weighted by molar-refractivity contribution is 0.0468. The first kappa shape index (κ1) is 40.9. The van der Waals surface area contributed by atoms with Crippen molar-refractivity contribution in [3.63, 3.8) is 0 Å². The molecule has 0 spiro atoms. The molecule has 0 bridgehead atoms.